The Morgan fingerprint density at radius 2 is 1.85 bits per heavy atom. The van der Waals surface area contributed by atoms with Crippen molar-refractivity contribution in [2.24, 2.45) is 0 Å². The standard InChI is InChI=1S/C18H21F3N2O3/c1-2-25-17(9-3-4-10-17)16-22-15(23-26-16)14-7-5-13(6-8-14)11-24-12-18(19,20)21/h5-8H,2-4,9-12H2,1H3. The van der Waals surface area contributed by atoms with Crippen molar-refractivity contribution < 1.29 is 27.2 Å². The molecule has 0 radical (unpaired) electrons. The van der Waals surface area contributed by atoms with Crippen LogP contribution < -0.4 is 0 Å². The number of rotatable bonds is 7. The number of hydrogen-bond donors (Lipinski definition) is 0. The van der Waals surface area contributed by atoms with Gasteiger partial charge in [-0.25, -0.2) is 0 Å². The van der Waals surface area contributed by atoms with E-state index < -0.39 is 18.4 Å². The van der Waals surface area contributed by atoms with Crippen molar-refractivity contribution in [2.45, 2.75) is 51.0 Å². The molecule has 1 heterocycles. The van der Waals surface area contributed by atoms with Crippen LogP contribution in [0.1, 0.15) is 44.1 Å². The van der Waals surface area contributed by atoms with Gasteiger partial charge in [0.05, 0.1) is 6.61 Å². The second-order valence-electron chi connectivity index (χ2n) is 6.36. The molecule has 5 nitrogen and oxygen atoms in total. The summed E-state index contributed by atoms with van der Waals surface area (Å²) in [5, 5.41) is 4.04. The van der Waals surface area contributed by atoms with Crippen LogP contribution in [-0.2, 0) is 21.7 Å². The number of hydrogen-bond acceptors (Lipinski definition) is 5. The van der Waals surface area contributed by atoms with Gasteiger partial charge in [-0.05, 0) is 38.2 Å². The molecule has 1 saturated carbocycles. The van der Waals surface area contributed by atoms with Crippen LogP contribution in [0.4, 0.5) is 13.2 Å². The molecule has 1 aromatic heterocycles. The fraction of sp³-hybridized carbons (Fsp3) is 0.556. The van der Waals surface area contributed by atoms with E-state index in [1.807, 2.05) is 6.92 Å². The third kappa shape index (κ3) is 4.42. The van der Waals surface area contributed by atoms with Crippen molar-refractivity contribution in [3.8, 4) is 11.4 Å². The van der Waals surface area contributed by atoms with Gasteiger partial charge in [0.1, 0.15) is 12.2 Å². The Hall–Kier alpha value is -1.93. The maximum atomic E-state index is 12.1. The summed E-state index contributed by atoms with van der Waals surface area (Å²) in [7, 11) is 0. The highest BCUT2D eigenvalue weighted by Gasteiger charge is 2.41. The average molecular weight is 370 g/mol. The number of halogens is 3. The fourth-order valence-corrected chi connectivity index (χ4v) is 3.20. The summed E-state index contributed by atoms with van der Waals surface area (Å²) in [5.74, 6) is 0.929. The van der Waals surface area contributed by atoms with Gasteiger partial charge in [-0.1, -0.05) is 29.4 Å². The lowest BCUT2D eigenvalue weighted by Gasteiger charge is -2.24. The van der Waals surface area contributed by atoms with Gasteiger partial charge in [-0.3, -0.25) is 0 Å². The first-order valence-corrected chi connectivity index (χ1v) is 8.64. The summed E-state index contributed by atoms with van der Waals surface area (Å²) >= 11 is 0. The molecule has 0 saturated heterocycles. The second kappa shape index (κ2) is 7.75. The largest absolute Gasteiger partial charge is 0.411 e. The molecular weight excluding hydrogens is 349 g/mol. The van der Waals surface area contributed by atoms with Crippen molar-refractivity contribution in [1.29, 1.82) is 0 Å². The van der Waals surface area contributed by atoms with Crippen LogP contribution in [0.5, 0.6) is 0 Å². The molecule has 1 aromatic carbocycles. The summed E-state index contributed by atoms with van der Waals surface area (Å²) < 4.78 is 52.3. The molecule has 0 unspecified atom stereocenters. The highest BCUT2D eigenvalue weighted by Crippen LogP contribution is 2.41. The molecule has 1 aliphatic rings. The molecule has 26 heavy (non-hydrogen) atoms. The van der Waals surface area contributed by atoms with E-state index >= 15 is 0 Å². The van der Waals surface area contributed by atoms with Gasteiger partial charge in [0.2, 0.25) is 5.82 Å². The van der Waals surface area contributed by atoms with Gasteiger partial charge >= 0.3 is 6.18 Å². The van der Waals surface area contributed by atoms with Gasteiger partial charge in [0, 0.05) is 12.2 Å². The zero-order chi connectivity index (χ0) is 18.6. The van der Waals surface area contributed by atoms with Gasteiger partial charge in [0.15, 0.2) is 0 Å². The number of alkyl halides is 3. The van der Waals surface area contributed by atoms with E-state index in [1.165, 1.54) is 0 Å². The van der Waals surface area contributed by atoms with E-state index in [0.717, 1.165) is 31.2 Å². The third-order valence-corrected chi connectivity index (χ3v) is 4.39. The monoisotopic (exact) mass is 370 g/mol. The smallest absolute Gasteiger partial charge is 0.367 e. The second-order valence-corrected chi connectivity index (χ2v) is 6.36. The van der Waals surface area contributed by atoms with Crippen molar-refractivity contribution in [3.63, 3.8) is 0 Å². The molecule has 8 heteroatoms. The van der Waals surface area contributed by atoms with Gasteiger partial charge in [0.25, 0.3) is 5.89 Å². The molecular formula is C18H21F3N2O3. The minimum Gasteiger partial charge on any atom is -0.367 e. The molecule has 0 spiro atoms. The molecule has 1 fully saturated rings. The summed E-state index contributed by atoms with van der Waals surface area (Å²) in [6.45, 7) is 1.15. The summed E-state index contributed by atoms with van der Waals surface area (Å²) in [4.78, 5) is 4.49. The van der Waals surface area contributed by atoms with Crippen LogP contribution in [0.15, 0.2) is 28.8 Å². The Bertz CT molecular complexity index is 707. The highest BCUT2D eigenvalue weighted by atomic mass is 19.4. The molecule has 2 aromatic rings. The van der Waals surface area contributed by atoms with Crippen molar-refractivity contribution in [2.75, 3.05) is 13.2 Å². The molecule has 0 atom stereocenters. The predicted molar refractivity (Wildman–Crippen MR) is 87.2 cm³/mol. The zero-order valence-corrected chi connectivity index (χ0v) is 14.5. The molecule has 0 bridgehead atoms. The summed E-state index contributed by atoms with van der Waals surface area (Å²) in [6.07, 6.45) is -0.484. The summed E-state index contributed by atoms with van der Waals surface area (Å²) in [5.41, 5.74) is 0.873. The fourth-order valence-electron chi connectivity index (χ4n) is 3.20. The first kappa shape index (κ1) is 18.8. The summed E-state index contributed by atoms with van der Waals surface area (Å²) in [6, 6.07) is 6.86. The van der Waals surface area contributed by atoms with Crippen molar-refractivity contribution >= 4 is 0 Å². The molecule has 0 amide bonds. The maximum Gasteiger partial charge on any atom is 0.411 e. The Labute approximate surface area is 149 Å². The molecule has 0 N–H and O–H groups in total. The minimum atomic E-state index is -4.32. The number of aromatic nitrogens is 2. The van der Waals surface area contributed by atoms with E-state index in [2.05, 4.69) is 14.9 Å². The topological polar surface area (TPSA) is 57.4 Å². The van der Waals surface area contributed by atoms with Crippen LogP contribution in [0, 0.1) is 0 Å². The van der Waals surface area contributed by atoms with Crippen LogP contribution in [0.2, 0.25) is 0 Å². The molecule has 3 rings (SSSR count). The van der Waals surface area contributed by atoms with E-state index in [9.17, 15) is 13.2 Å². The van der Waals surface area contributed by atoms with Crippen molar-refractivity contribution in [3.05, 3.63) is 35.7 Å². The lowest BCUT2D eigenvalue weighted by atomic mass is 10.0. The lowest BCUT2D eigenvalue weighted by Crippen LogP contribution is -2.26. The lowest BCUT2D eigenvalue weighted by molar-refractivity contribution is -0.176. The van der Waals surface area contributed by atoms with E-state index in [1.54, 1.807) is 24.3 Å². The van der Waals surface area contributed by atoms with Crippen LogP contribution in [0.25, 0.3) is 11.4 Å². The van der Waals surface area contributed by atoms with Gasteiger partial charge < -0.3 is 14.0 Å². The van der Waals surface area contributed by atoms with E-state index in [4.69, 9.17) is 9.26 Å². The normalized spacial score (nSPS) is 16.9. The molecule has 0 aliphatic heterocycles. The van der Waals surface area contributed by atoms with E-state index in [0.29, 0.717) is 23.9 Å². The Morgan fingerprint density at radius 1 is 1.15 bits per heavy atom. The third-order valence-electron chi connectivity index (χ3n) is 4.39. The maximum absolute atomic E-state index is 12.1. The van der Waals surface area contributed by atoms with Crippen LogP contribution in [-0.4, -0.2) is 29.5 Å². The molecule has 142 valence electrons. The Kier molecular flexibility index (Phi) is 5.62. The van der Waals surface area contributed by atoms with Gasteiger partial charge in [-0.15, -0.1) is 0 Å². The first-order chi connectivity index (χ1) is 12.4. The SMILES string of the molecule is CCOC1(c2nc(-c3ccc(COCC(F)(F)F)cc3)no2)CCCC1. The number of nitrogens with zero attached hydrogens (tertiary/aromatic N) is 2. The quantitative estimate of drug-likeness (QED) is 0.712. The van der Waals surface area contributed by atoms with E-state index in [-0.39, 0.29) is 6.61 Å². The Balaban J connectivity index is 1.67. The highest BCUT2D eigenvalue weighted by molar-refractivity contribution is 5.54. The zero-order valence-electron chi connectivity index (χ0n) is 14.5. The van der Waals surface area contributed by atoms with Crippen molar-refractivity contribution in [1.82, 2.24) is 10.1 Å². The average Bonchev–Trinajstić information content (AvgIpc) is 3.25. The minimum absolute atomic E-state index is 0.106. The van der Waals surface area contributed by atoms with Crippen LogP contribution >= 0.6 is 0 Å². The van der Waals surface area contributed by atoms with Gasteiger partial charge in [-0.2, -0.15) is 18.2 Å². The first-order valence-electron chi connectivity index (χ1n) is 8.64. The number of ether oxygens (including phenoxy) is 2. The van der Waals surface area contributed by atoms with Crippen LogP contribution in [0.3, 0.4) is 0 Å². The Morgan fingerprint density at radius 3 is 2.46 bits per heavy atom. The predicted octanol–water partition coefficient (Wildman–Crippen LogP) is 4.62. The molecule has 1 aliphatic carbocycles. The number of benzene rings is 1.